The number of carbonyl (C=O) groups is 1. The molecule has 0 fully saturated rings. The van der Waals surface area contributed by atoms with Gasteiger partial charge < -0.3 is 10.1 Å². The van der Waals surface area contributed by atoms with Crippen molar-refractivity contribution in [1.82, 2.24) is 20.3 Å². The highest BCUT2D eigenvalue weighted by molar-refractivity contribution is 5.93. The van der Waals surface area contributed by atoms with Crippen molar-refractivity contribution in [2.24, 2.45) is 0 Å². The van der Waals surface area contributed by atoms with Gasteiger partial charge in [-0.2, -0.15) is 4.57 Å². The molecular formula is C22H30N5O2+. The van der Waals surface area contributed by atoms with E-state index >= 15 is 0 Å². The van der Waals surface area contributed by atoms with Crippen molar-refractivity contribution in [2.75, 3.05) is 6.61 Å². The number of nitrogens with zero attached hydrogens (tertiary/aromatic N) is 4. The minimum Gasteiger partial charge on any atom is -0.332 e. The van der Waals surface area contributed by atoms with Gasteiger partial charge in [0, 0.05) is 6.07 Å². The van der Waals surface area contributed by atoms with E-state index in [0.29, 0.717) is 12.3 Å². The zero-order chi connectivity index (χ0) is 20.3. The van der Waals surface area contributed by atoms with E-state index in [1.54, 1.807) is 16.9 Å². The second-order valence-corrected chi connectivity index (χ2v) is 7.15. The molecule has 3 rings (SSSR count). The number of para-hydroxylation sites is 1. The van der Waals surface area contributed by atoms with Crippen LogP contribution in [0.2, 0.25) is 0 Å². The van der Waals surface area contributed by atoms with E-state index in [1.165, 1.54) is 32.1 Å². The van der Waals surface area contributed by atoms with E-state index in [2.05, 4.69) is 22.6 Å². The van der Waals surface area contributed by atoms with Crippen LogP contribution in [0.4, 0.5) is 0 Å². The van der Waals surface area contributed by atoms with Crippen LogP contribution in [0.1, 0.15) is 55.8 Å². The lowest BCUT2D eigenvalue weighted by Crippen LogP contribution is -2.37. The quantitative estimate of drug-likeness (QED) is 0.376. The van der Waals surface area contributed by atoms with Gasteiger partial charge in [0.25, 0.3) is 12.6 Å². The van der Waals surface area contributed by atoms with E-state index < -0.39 is 0 Å². The number of rotatable bonds is 12. The Morgan fingerprint density at radius 2 is 1.93 bits per heavy atom. The molecule has 0 saturated carbocycles. The number of ether oxygens (including phenoxy) is 1. The lowest BCUT2D eigenvalue weighted by molar-refractivity contribution is -0.732. The molecule has 3 aromatic rings. The van der Waals surface area contributed by atoms with Crippen molar-refractivity contribution in [3.05, 3.63) is 54.4 Å². The molecule has 0 aliphatic carbocycles. The van der Waals surface area contributed by atoms with Crippen molar-refractivity contribution in [1.29, 1.82) is 0 Å². The van der Waals surface area contributed by atoms with Gasteiger partial charge in [-0.05, 0) is 24.6 Å². The van der Waals surface area contributed by atoms with E-state index in [-0.39, 0.29) is 12.6 Å². The van der Waals surface area contributed by atoms with Crippen LogP contribution in [-0.4, -0.2) is 27.5 Å². The molecule has 0 aliphatic rings. The van der Waals surface area contributed by atoms with Crippen LogP contribution >= 0.6 is 0 Å². The van der Waals surface area contributed by atoms with Gasteiger partial charge in [-0.15, -0.1) is 5.10 Å². The Bertz CT molecular complexity index is 909. The molecule has 29 heavy (non-hydrogen) atoms. The average Bonchev–Trinajstić information content (AvgIpc) is 3.17. The number of amides is 1. The van der Waals surface area contributed by atoms with Crippen LogP contribution < -0.4 is 9.88 Å². The van der Waals surface area contributed by atoms with E-state index in [1.807, 2.05) is 41.1 Å². The highest BCUT2D eigenvalue weighted by Gasteiger charge is 2.11. The maximum Gasteiger partial charge on any atom is 0.258 e. The molecule has 0 unspecified atom stereocenters. The van der Waals surface area contributed by atoms with Gasteiger partial charge >= 0.3 is 0 Å². The first kappa shape index (κ1) is 20.9. The summed E-state index contributed by atoms with van der Waals surface area (Å²) < 4.78 is 9.30. The average molecular weight is 397 g/mol. The topological polar surface area (TPSA) is 72.9 Å². The summed E-state index contributed by atoms with van der Waals surface area (Å²) in [6.07, 6.45) is 11.2. The van der Waals surface area contributed by atoms with Crippen molar-refractivity contribution in [3.63, 3.8) is 0 Å². The number of nitrogens with one attached hydrogen (secondary N) is 1. The Morgan fingerprint density at radius 1 is 1.10 bits per heavy atom. The maximum absolute atomic E-state index is 12.5. The van der Waals surface area contributed by atoms with Gasteiger partial charge in [0.1, 0.15) is 17.7 Å². The predicted molar refractivity (Wildman–Crippen MR) is 111 cm³/mol. The molecule has 7 heteroatoms. The molecule has 2 aromatic heterocycles. The van der Waals surface area contributed by atoms with Gasteiger partial charge in [0.2, 0.25) is 0 Å². The fourth-order valence-corrected chi connectivity index (χ4v) is 3.17. The van der Waals surface area contributed by atoms with Gasteiger partial charge in [-0.25, -0.2) is 4.68 Å². The lowest BCUT2D eigenvalue weighted by atomic mass is 10.1. The Kier molecular flexibility index (Phi) is 8.12. The standard InChI is InChI=1S/C22H29N5O2/c1-2-3-4-5-6-9-15-29-18-26-14-10-11-19(16-26)22(28)23-17-27-21-13-8-7-12-20(21)24-25-27/h7-8,10-14,16H,2-6,9,15,17-18H2,1H3/p+1. The van der Waals surface area contributed by atoms with Gasteiger partial charge in [0.15, 0.2) is 12.4 Å². The molecule has 0 aliphatic heterocycles. The van der Waals surface area contributed by atoms with Crippen LogP contribution in [0.3, 0.4) is 0 Å². The minimum atomic E-state index is -0.158. The largest absolute Gasteiger partial charge is 0.332 e. The van der Waals surface area contributed by atoms with Crippen molar-refractivity contribution in [2.45, 2.75) is 58.8 Å². The molecule has 0 bridgehead atoms. The third-order valence-electron chi connectivity index (χ3n) is 4.81. The first-order valence-electron chi connectivity index (χ1n) is 10.4. The summed E-state index contributed by atoms with van der Waals surface area (Å²) in [5.41, 5.74) is 2.28. The lowest BCUT2D eigenvalue weighted by Gasteiger charge is -2.06. The maximum atomic E-state index is 12.5. The Morgan fingerprint density at radius 3 is 2.83 bits per heavy atom. The van der Waals surface area contributed by atoms with E-state index in [4.69, 9.17) is 4.74 Å². The van der Waals surface area contributed by atoms with Gasteiger partial charge in [-0.1, -0.05) is 56.4 Å². The Labute approximate surface area is 171 Å². The second-order valence-electron chi connectivity index (χ2n) is 7.15. The summed E-state index contributed by atoms with van der Waals surface area (Å²) in [6, 6.07) is 11.3. The highest BCUT2D eigenvalue weighted by Crippen LogP contribution is 2.09. The van der Waals surface area contributed by atoms with Gasteiger partial charge in [0.05, 0.1) is 12.1 Å². The number of fused-ring (bicyclic) bond motifs is 1. The molecule has 0 radical (unpaired) electrons. The van der Waals surface area contributed by atoms with Crippen molar-refractivity contribution < 1.29 is 14.1 Å². The number of aromatic nitrogens is 4. The van der Waals surface area contributed by atoms with Crippen LogP contribution in [0.15, 0.2) is 48.8 Å². The summed E-state index contributed by atoms with van der Waals surface area (Å²) in [4.78, 5) is 12.5. The number of carbonyl (C=O) groups excluding carboxylic acids is 1. The number of benzene rings is 1. The molecule has 2 heterocycles. The molecule has 0 spiro atoms. The number of hydrogen-bond acceptors (Lipinski definition) is 4. The summed E-state index contributed by atoms with van der Waals surface area (Å²) in [5, 5.41) is 11.1. The molecule has 0 atom stereocenters. The molecule has 1 aromatic carbocycles. The molecular weight excluding hydrogens is 366 g/mol. The highest BCUT2D eigenvalue weighted by atomic mass is 16.5. The predicted octanol–water partition coefficient (Wildman–Crippen LogP) is 3.44. The first-order chi connectivity index (χ1) is 14.3. The van der Waals surface area contributed by atoms with Crippen LogP contribution in [0.5, 0.6) is 0 Å². The Balaban J connectivity index is 1.43. The Hall–Kier alpha value is -2.80. The van der Waals surface area contributed by atoms with E-state index in [0.717, 1.165) is 24.1 Å². The monoisotopic (exact) mass is 396 g/mol. The number of pyridine rings is 1. The molecule has 1 N–H and O–H groups in total. The SMILES string of the molecule is CCCCCCCCOC[n+]1cccc(C(=O)NCn2nnc3ccccc32)c1. The smallest absolute Gasteiger partial charge is 0.258 e. The summed E-state index contributed by atoms with van der Waals surface area (Å²) in [7, 11) is 0. The number of unbranched alkanes of at least 4 members (excludes halogenated alkanes) is 5. The fourth-order valence-electron chi connectivity index (χ4n) is 3.17. The first-order valence-corrected chi connectivity index (χ1v) is 10.4. The second kappa shape index (κ2) is 11.3. The zero-order valence-corrected chi connectivity index (χ0v) is 17.1. The van der Waals surface area contributed by atoms with Crippen molar-refractivity contribution in [3.8, 4) is 0 Å². The van der Waals surface area contributed by atoms with Gasteiger partial charge in [-0.3, -0.25) is 4.79 Å². The minimum absolute atomic E-state index is 0.158. The summed E-state index contributed by atoms with van der Waals surface area (Å²) in [6.45, 7) is 3.69. The summed E-state index contributed by atoms with van der Waals surface area (Å²) >= 11 is 0. The molecule has 1 amide bonds. The molecule has 7 nitrogen and oxygen atoms in total. The zero-order valence-electron chi connectivity index (χ0n) is 17.1. The molecule has 0 saturated heterocycles. The number of hydrogen-bond donors (Lipinski definition) is 1. The van der Waals surface area contributed by atoms with E-state index in [9.17, 15) is 4.79 Å². The summed E-state index contributed by atoms with van der Waals surface area (Å²) in [5.74, 6) is -0.158. The third kappa shape index (κ3) is 6.35. The molecule has 154 valence electrons. The van der Waals surface area contributed by atoms with Crippen LogP contribution in [0, 0.1) is 0 Å². The fraction of sp³-hybridized carbons (Fsp3) is 0.455. The third-order valence-corrected chi connectivity index (χ3v) is 4.81. The normalized spacial score (nSPS) is 11.1. The van der Waals surface area contributed by atoms with Crippen molar-refractivity contribution >= 4 is 16.9 Å². The van der Waals surface area contributed by atoms with Crippen LogP contribution in [-0.2, 0) is 18.1 Å². The van der Waals surface area contributed by atoms with Crippen LogP contribution in [0.25, 0.3) is 11.0 Å².